The number of benzene rings is 4. The molecule has 0 atom stereocenters. The van der Waals surface area contributed by atoms with E-state index in [2.05, 4.69) is 0 Å². The van der Waals surface area contributed by atoms with Crippen molar-refractivity contribution in [3.05, 3.63) is 118 Å². The quantitative estimate of drug-likeness (QED) is 0.236. The molecule has 2 heterocycles. The number of cyclic esters (lactones) is 4. The van der Waals surface area contributed by atoms with Gasteiger partial charge in [-0.3, -0.25) is 4.79 Å². The van der Waals surface area contributed by atoms with Crippen molar-refractivity contribution in [1.29, 1.82) is 0 Å². The standard InChI is InChI=1S/C29H14O7/c30-25(17-11-7-15(8-12-17)19-3-1-5-21-23(19)28(33)35-26(21)31)18-13-9-16(10-14-18)20-4-2-6-22-24(20)29(34)36-27(22)32/h1-14H. The molecule has 2 aliphatic heterocycles. The number of esters is 4. The second-order valence-electron chi connectivity index (χ2n) is 8.29. The summed E-state index contributed by atoms with van der Waals surface area (Å²) in [5.74, 6) is -2.93. The summed E-state index contributed by atoms with van der Waals surface area (Å²) in [6, 6.07) is 23.3. The zero-order valence-corrected chi connectivity index (χ0v) is 18.4. The second-order valence-corrected chi connectivity index (χ2v) is 8.29. The molecule has 0 N–H and O–H groups in total. The molecule has 0 fully saturated rings. The van der Waals surface area contributed by atoms with E-state index in [4.69, 9.17) is 9.47 Å². The maximum absolute atomic E-state index is 13.1. The van der Waals surface area contributed by atoms with E-state index in [-0.39, 0.29) is 28.0 Å². The maximum atomic E-state index is 13.1. The Kier molecular flexibility index (Phi) is 4.72. The number of fused-ring (bicyclic) bond motifs is 2. The first-order valence-electron chi connectivity index (χ1n) is 11.0. The molecule has 0 saturated carbocycles. The Morgan fingerprint density at radius 1 is 0.444 bits per heavy atom. The van der Waals surface area contributed by atoms with E-state index < -0.39 is 23.9 Å². The van der Waals surface area contributed by atoms with Gasteiger partial charge in [0.15, 0.2) is 5.78 Å². The van der Waals surface area contributed by atoms with E-state index in [1.54, 1.807) is 72.8 Å². The number of carbonyl (C=O) groups excluding carboxylic acids is 5. The fourth-order valence-electron chi connectivity index (χ4n) is 4.52. The highest BCUT2D eigenvalue weighted by atomic mass is 16.6. The topological polar surface area (TPSA) is 104 Å². The van der Waals surface area contributed by atoms with Crippen LogP contribution in [0.2, 0.25) is 0 Å². The van der Waals surface area contributed by atoms with Gasteiger partial charge in [0, 0.05) is 11.1 Å². The normalized spacial score (nSPS) is 13.8. The Bertz CT molecular complexity index is 1520. The molecule has 0 bridgehead atoms. The molecule has 6 rings (SSSR count). The minimum Gasteiger partial charge on any atom is -0.386 e. The van der Waals surface area contributed by atoms with E-state index in [1.807, 2.05) is 0 Å². The smallest absolute Gasteiger partial charge is 0.347 e. The molecule has 172 valence electrons. The predicted molar refractivity (Wildman–Crippen MR) is 127 cm³/mol. The first-order valence-corrected chi connectivity index (χ1v) is 11.0. The minimum atomic E-state index is -0.687. The van der Waals surface area contributed by atoms with Crippen molar-refractivity contribution in [2.45, 2.75) is 0 Å². The van der Waals surface area contributed by atoms with Crippen LogP contribution in [0.25, 0.3) is 22.3 Å². The van der Waals surface area contributed by atoms with Gasteiger partial charge in [-0.15, -0.1) is 0 Å². The van der Waals surface area contributed by atoms with Gasteiger partial charge in [0.05, 0.1) is 22.3 Å². The Labute approximate surface area is 203 Å². The van der Waals surface area contributed by atoms with Crippen LogP contribution in [0.5, 0.6) is 0 Å². The second kappa shape index (κ2) is 7.95. The van der Waals surface area contributed by atoms with E-state index in [9.17, 15) is 24.0 Å². The molecule has 0 radical (unpaired) electrons. The first kappa shape index (κ1) is 21.4. The molecule has 0 aromatic heterocycles. The summed E-state index contributed by atoms with van der Waals surface area (Å²) < 4.78 is 9.43. The molecule has 4 aromatic rings. The van der Waals surface area contributed by atoms with Gasteiger partial charge in [-0.2, -0.15) is 0 Å². The lowest BCUT2D eigenvalue weighted by molar-refractivity contribution is 0.0426. The van der Waals surface area contributed by atoms with Crippen LogP contribution in [-0.4, -0.2) is 29.7 Å². The van der Waals surface area contributed by atoms with Crippen molar-refractivity contribution >= 4 is 29.7 Å². The summed E-state index contributed by atoms with van der Waals surface area (Å²) in [7, 11) is 0. The lowest BCUT2D eigenvalue weighted by Gasteiger charge is -2.08. The van der Waals surface area contributed by atoms with Gasteiger partial charge in [0.25, 0.3) is 0 Å². The molecule has 0 spiro atoms. The van der Waals surface area contributed by atoms with Crippen LogP contribution in [0.4, 0.5) is 0 Å². The monoisotopic (exact) mass is 474 g/mol. The Morgan fingerprint density at radius 3 is 1.19 bits per heavy atom. The zero-order valence-electron chi connectivity index (χ0n) is 18.4. The number of ketones is 1. The molecule has 0 saturated heterocycles. The highest BCUT2D eigenvalue weighted by Crippen LogP contribution is 2.33. The fourth-order valence-corrected chi connectivity index (χ4v) is 4.52. The van der Waals surface area contributed by atoms with Gasteiger partial charge in [0.2, 0.25) is 0 Å². The molecule has 36 heavy (non-hydrogen) atoms. The van der Waals surface area contributed by atoms with Crippen molar-refractivity contribution in [3.8, 4) is 22.3 Å². The SMILES string of the molecule is O=C(c1ccc(-c2cccc3c2C(=O)OC3=O)cc1)c1ccc(-c2cccc3c2C(=O)OC3=O)cc1. The molecular formula is C29H14O7. The maximum Gasteiger partial charge on any atom is 0.347 e. The Balaban J connectivity index is 1.28. The summed E-state index contributed by atoms with van der Waals surface area (Å²) in [5, 5.41) is 0. The van der Waals surface area contributed by atoms with Crippen LogP contribution in [-0.2, 0) is 9.47 Å². The molecule has 7 heteroatoms. The number of ether oxygens (including phenoxy) is 2. The van der Waals surface area contributed by atoms with Crippen LogP contribution in [0, 0.1) is 0 Å². The van der Waals surface area contributed by atoms with Crippen molar-refractivity contribution in [1.82, 2.24) is 0 Å². The summed E-state index contributed by atoms with van der Waals surface area (Å²) in [6.07, 6.45) is 0. The molecule has 0 unspecified atom stereocenters. The van der Waals surface area contributed by atoms with Gasteiger partial charge >= 0.3 is 23.9 Å². The largest absolute Gasteiger partial charge is 0.386 e. The zero-order chi connectivity index (χ0) is 25.0. The molecular weight excluding hydrogens is 460 g/mol. The molecule has 7 nitrogen and oxygen atoms in total. The third-order valence-electron chi connectivity index (χ3n) is 6.26. The van der Waals surface area contributed by atoms with Crippen molar-refractivity contribution in [3.63, 3.8) is 0 Å². The number of carbonyl (C=O) groups is 5. The van der Waals surface area contributed by atoms with E-state index in [1.165, 1.54) is 12.1 Å². The van der Waals surface area contributed by atoms with E-state index in [0.717, 1.165) is 0 Å². The van der Waals surface area contributed by atoms with Crippen LogP contribution in [0.3, 0.4) is 0 Å². The number of hydrogen-bond donors (Lipinski definition) is 0. The van der Waals surface area contributed by atoms with Crippen LogP contribution in [0.15, 0.2) is 84.9 Å². The number of rotatable bonds is 4. The molecule has 2 aliphatic rings. The van der Waals surface area contributed by atoms with Crippen LogP contribution >= 0.6 is 0 Å². The van der Waals surface area contributed by atoms with Crippen molar-refractivity contribution in [2.24, 2.45) is 0 Å². The molecule has 0 aliphatic carbocycles. The third kappa shape index (κ3) is 3.25. The third-order valence-corrected chi connectivity index (χ3v) is 6.26. The van der Waals surface area contributed by atoms with Crippen molar-refractivity contribution in [2.75, 3.05) is 0 Å². The van der Waals surface area contributed by atoms with Gasteiger partial charge < -0.3 is 9.47 Å². The Morgan fingerprint density at radius 2 is 0.806 bits per heavy atom. The highest BCUT2D eigenvalue weighted by Gasteiger charge is 2.33. The summed E-state index contributed by atoms with van der Waals surface area (Å²) in [6.45, 7) is 0. The summed E-state index contributed by atoms with van der Waals surface area (Å²) in [4.78, 5) is 61.0. The van der Waals surface area contributed by atoms with Gasteiger partial charge in [-0.1, -0.05) is 72.8 Å². The minimum absolute atomic E-state index is 0.214. The Hall–Kier alpha value is -5.17. The van der Waals surface area contributed by atoms with Gasteiger partial charge in [-0.05, 0) is 34.4 Å². The van der Waals surface area contributed by atoms with Crippen LogP contribution in [0.1, 0.15) is 57.4 Å². The lowest BCUT2D eigenvalue weighted by Crippen LogP contribution is -2.02. The lowest BCUT2D eigenvalue weighted by atomic mass is 9.93. The first-order chi connectivity index (χ1) is 17.4. The fraction of sp³-hybridized carbons (Fsp3) is 0. The average Bonchev–Trinajstić information content (AvgIpc) is 3.37. The summed E-state index contributed by atoms with van der Waals surface area (Å²) >= 11 is 0. The van der Waals surface area contributed by atoms with Gasteiger partial charge in [0.1, 0.15) is 0 Å². The van der Waals surface area contributed by atoms with E-state index in [0.29, 0.717) is 33.4 Å². The predicted octanol–water partition coefficient (Wildman–Crippen LogP) is 4.87. The average molecular weight is 474 g/mol. The highest BCUT2D eigenvalue weighted by molar-refractivity contribution is 6.19. The summed E-state index contributed by atoms with van der Waals surface area (Å²) in [5.41, 5.74) is 4.21. The van der Waals surface area contributed by atoms with Crippen LogP contribution < -0.4 is 0 Å². The molecule has 0 amide bonds. The number of hydrogen-bond acceptors (Lipinski definition) is 7. The molecule has 4 aromatic carbocycles. The van der Waals surface area contributed by atoms with Gasteiger partial charge in [-0.25, -0.2) is 19.2 Å². The van der Waals surface area contributed by atoms with Crippen molar-refractivity contribution < 1.29 is 33.4 Å². The van der Waals surface area contributed by atoms with E-state index >= 15 is 0 Å².